The molecule has 0 spiro atoms. The second-order valence-corrected chi connectivity index (χ2v) is 4.45. The first-order valence-electron chi connectivity index (χ1n) is 5.87. The van der Waals surface area contributed by atoms with Gasteiger partial charge in [-0.05, 0) is 37.6 Å². The van der Waals surface area contributed by atoms with Gasteiger partial charge in [0.05, 0.1) is 5.69 Å². The number of nitrogens with zero attached hydrogens (tertiary/aromatic N) is 3. The lowest BCUT2D eigenvalue weighted by molar-refractivity contribution is -0.484. The molecular weight excluding hydrogens is 249 g/mol. The smallest absolute Gasteiger partial charge is 0.230 e. The lowest BCUT2D eigenvalue weighted by Crippen LogP contribution is -2.22. The molecule has 0 radical (unpaired) electrons. The van der Waals surface area contributed by atoms with Gasteiger partial charge in [-0.15, -0.1) is 0 Å². The fourth-order valence-electron chi connectivity index (χ4n) is 2.11. The molecule has 1 aromatic heterocycles. The third kappa shape index (κ3) is 2.96. The summed E-state index contributed by atoms with van der Waals surface area (Å²) in [6.45, 7) is 3.39. The largest absolute Gasteiger partial charge is 0.264 e. The Morgan fingerprint density at radius 1 is 1.37 bits per heavy atom. The summed E-state index contributed by atoms with van der Waals surface area (Å²) in [7, 11) is 0. The van der Waals surface area contributed by atoms with Crippen molar-refractivity contribution in [1.82, 2.24) is 9.78 Å². The summed E-state index contributed by atoms with van der Waals surface area (Å²) in [5.41, 5.74) is 2.31. The summed E-state index contributed by atoms with van der Waals surface area (Å²) in [6, 6.07) is 7.04. The fourth-order valence-corrected chi connectivity index (χ4v) is 2.11. The highest BCUT2D eigenvalue weighted by Crippen LogP contribution is 2.21. The number of hydrogen-bond acceptors (Lipinski definition) is 3. The zero-order valence-electron chi connectivity index (χ0n) is 10.7. The molecule has 0 aliphatic carbocycles. The van der Waals surface area contributed by atoms with Gasteiger partial charge in [0.1, 0.15) is 11.9 Å². The van der Waals surface area contributed by atoms with Gasteiger partial charge >= 0.3 is 0 Å². The van der Waals surface area contributed by atoms with Gasteiger partial charge < -0.3 is 0 Å². The van der Waals surface area contributed by atoms with Crippen LogP contribution in [0.25, 0.3) is 0 Å². The van der Waals surface area contributed by atoms with E-state index in [0.717, 1.165) is 11.4 Å². The van der Waals surface area contributed by atoms with E-state index in [1.165, 1.54) is 12.1 Å². The van der Waals surface area contributed by atoms with Crippen molar-refractivity contribution in [2.75, 3.05) is 6.54 Å². The van der Waals surface area contributed by atoms with Crippen LogP contribution in [-0.2, 0) is 0 Å². The Kier molecular flexibility index (Phi) is 3.59. The van der Waals surface area contributed by atoms with Crippen molar-refractivity contribution in [3.8, 4) is 0 Å². The Hall–Kier alpha value is -2.24. The van der Waals surface area contributed by atoms with E-state index in [-0.39, 0.29) is 17.3 Å². The lowest BCUT2D eigenvalue weighted by atomic mass is 10.1. The normalized spacial score (nSPS) is 12.4. The van der Waals surface area contributed by atoms with E-state index in [1.807, 2.05) is 19.9 Å². The molecule has 0 aliphatic rings. The highest BCUT2D eigenvalue weighted by Gasteiger charge is 2.22. The number of rotatable bonds is 4. The summed E-state index contributed by atoms with van der Waals surface area (Å²) in [4.78, 5) is 10.4. The van der Waals surface area contributed by atoms with Crippen molar-refractivity contribution in [2.45, 2.75) is 19.9 Å². The quantitative estimate of drug-likeness (QED) is 0.629. The number of aryl methyl sites for hydroxylation is 2. The second-order valence-electron chi connectivity index (χ2n) is 4.45. The molecule has 0 bridgehead atoms. The standard InChI is InChI=1S/C13H14FN3O2/c1-9-7-10(2)17(15-9)13(8-16(18)19)11-3-5-12(14)6-4-11/h3-7,13H,8H2,1-2H3/t13-/m0/s1. The Bertz CT molecular complexity index is 592. The number of nitro groups is 1. The van der Waals surface area contributed by atoms with Gasteiger partial charge in [-0.1, -0.05) is 12.1 Å². The number of hydrogen-bond donors (Lipinski definition) is 0. The molecule has 19 heavy (non-hydrogen) atoms. The zero-order valence-corrected chi connectivity index (χ0v) is 10.7. The third-order valence-corrected chi connectivity index (χ3v) is 2.92. The maximum Gasteiger partial charge on any atom is 0.230 e. The van der Waals surface area contributed by atoms with Crippen LogP contribution in [-0.4, -0.2) is 21.2 Å². The molecule has 2 aromatic rings. The summed E-state index contributed by atoms with van der Waals surface area (Å²) in [5, 5.41) is 15.1. The van der Waals surface area contributed by atoms with E-state index in [4.69, 9.17) is 0 Å². The monoisotopic (exact) mass is 263 g/mol. The molecule has 5 nitrogen and oxygen atoms in total. The predicted octanol–water partition coefficient (Wildman–Crippen LogP) is 2.51. The fraction of sp³-hybridized carbons (Fsp3) is 0.308. The highest BCUT2D eigenvalue weighted by molar-refractivity contribution is 5.22. The first-order chi connectivity index (χ1) is 8.97. The van der Waals surface area contributed by atoms with Crippen LogP contribution < -0.4 is 0 Å². The maximum atomic E-state index is 12.9. The molecule has 2 rings (SSSR count). The first kappa shape index (κ1) is 13.2. The molecule has 0 unspecified atom stereocenters. The molecule has 0 aliphatic heterocycles. The van der Waals surface area contributed by atoms with Gasteiger partial charge in [-0.3, -0.25) is 14.8 Å². The molecule has 0 saturated carbocycles. The summed E-state index contributed by atoms with van der Waals surface area (Å²) >= 11 is 0. The van der Waals surface area contributed by atoms with Crippen LogP contribution in [0.1, 0.15) is 23.0 Å². The van der Waals surface area contributed by atoms with Crippen molar-refractivity contribution in [3.63, 3.8) is 0 Å². The number of halogens is 1. The summed E-state index contributed by atoms with van der Waals surface area (Å²) in [5.74, 6) is -0.364. The van der Waals surface area contributed by atoms with Crippen molar-refractivity contribution >= 4 is 0 Å². The average molecular weight is 263 g/mol. The van der Waals surface area contributed by atoms with Gasteiger partial charge in [0, 0.05) is 10.6 Å². The maximum absolute atomic E-state index is 12.9. The van der Waals surface area contributed by atoms with Crippen molar-refractivity contribution in [2.24, 2.45) is 0 Å². The molecule has 1 aromatic carbocycles. The van der Waals surface area contributed by atoms with Crippen LogP contribution in [0.4, 0.5) is 4.39 Å². The Labute approximate surface area is 109 Å². The predicted molar refractivity (Wildman–Crippen MR) is 68.1 cm³/mol. The minimum Gasteiger partial charge on any atom is -0.264 e. The average Bonchev–Trinajstić information content (AvgIpc) is 2.66. The first-order valence-corrected chi connectivity index (χ1v) is 5.87. The minimum atomic E-state index is -0.524. The van der Waals surface area contributed by atoms with Crippen LogP contribution in [0, 0.1) is 29.8 Å². The molecule has 6 heteroatoms. The SMILES string of the molecule is Cc1cc(C)n([C@@H](C[N+](=O)[O-])c2ccc(F)cc2)n1. The van der Waals surface area contributed by atoms with Crippen LogP contribution in [0.15, 0.2) is 30.3 Å². The van der Waals surface area contributed by atoms with E-state index in [9.17, 15) is 14.5 Å². The van der Waals surface area contributed by atoms with Gasteiger partial charge in [0.25, 0.3) is 0 Å². The summed E-state index contributed by atoms with van der Waals surface area (Å²) < 4.78 is 14.6. The molecule has 0 amide bonds. The van der Waals surface area contributed by atoms with Crippen molar-refractivity contribution in [3.05, 3.63) is 63.2 Å². The molecule has 0 N–H and O–H groups in total. The number of aromatic nitrogens is 2. The van der Waals surface area contributed by atoms with Crippen LogP contribution >= 0.6 is 0 Å². The van der Waals surface area contributed by atoms with Gasteiger partial charge in [-0.25, -0.2) is 4.39 Å². The van der Waals surface area contributed by atoms with Gasteiger partial charge in [0.2, 0.25) is 6.54 Å². The van der Waals surface area contributed by atoms with E-state index in [2.05, 4.69) is 5.10 Å². The Balaban J connectivity index is 2.43. The highest BCUT2D eigenvalue weighted by atomic mass is 19.1. The second kappa shape index (κ2) is 5.17. The molecule has 0 saturated heterocycles. The van der Waals surface area contributed by atoms with E-state index in [0.29, 0.717) is 5.56 Å². The summed E-state index contributed by atoms with van der Waals surface area (Å²) in [6.07, 6.45) is 0. The van der Waals surface area contributed by atoms with Gasteiger partial charge in [-0.2, -0.15) is 5.10 Å². The molecule has 1 heterocycles. The third-order valence-electron chi connectivity index (χ3n) is 2.92. The minimum absolute atomic E-state index is 0.284. The van der Waals surface area contributed by atoms with E-state index in [1.54, 1.807) is 16.8 Å². The van der Waals surface area contributed by atoms with Crippen LogP contribution in [0.2, 0.25) is 0 Å². The molecule has 0 fully saturated rings. The molecule has 100 valence electrons. The lowest BCUT2D eigenvalue weighted by Gasteiger charge is -2.15. The van der Waals surface area contributed by atoms with Crippen LogP contribution in [0.5, 0.6) is 0 Å². The topological polar surface area (TPSA) is 61.0 Å². The Morgan fingerprint density at radius 3 is 2.47 bits per heavy atom. The van der Waals surface area contributed by atoms with Crippen molar-refractivity contribution in [1.29, 1.82) is 0 Å². The molecule has 1 atom stereocenters. The van der Waals surface area contributed by atoms with Crippen LogP contribution in [0.3, 0.4) is 0 Å². The zero-order chi connectivity index (χ0) is 14.0. The van der Waals surface area contributed by atoms with E-state index < -0.39 is 6.04 Å². The Morgan fingerprint density at radius 2 is 2.00 bits per heavy atom. The number of benzene rings is 1. The van der Waals surface area contributed by atoms with Crippen molar-refractivity contribution < 1.29 is 9.31 Å². The van der Waals surface area contributed by atoms with Gasteiger partial charge in [0.15, 0.2) is 0 Å². The molecular formula is C13H14FN3O2. The van der Waals surface area contributed by atoms with E-state index >= 15 is 0 Å².